The molecule has 0 amide bonds. The zero-order valence-corrected chi connectivity index (χ0v) is 37.1. The van der Waals surface area contributed by atoms with Crippen LogP contribution in [0, 0.1) is 0 Å². The van der Waals surface area contributed by atoms with Crippen LogP contribution in [0.3, 0.4) is 0 Å². The van der Waals surface area contributed by atoms with Gasteiger partial charge in [0, 0.05) is 19.3 Å². The molecular formula is C51H86O6. The van der Waals surface area contributed by atoms with E-state index in [0.717, 1.165) is 64.2 Å². The molecular weight excluding hydrogens is 709 g/mol. The Morgan fingerprint density at radius 2 is 0.719 bits per heavy atom. The molecule has 0 aromatic heterocycles. The second-order valence-electron chi connectivity index (χ2n) is 15.4. The highest BCUT2D eigenvalue weighted by molar-refractivity contribution is 5.71. The molecule has 0 saturated heterocycles. The van der Waals surface area contributed by atoms with Gasteiger partial charge in [0.15, 0.2) is 6.10 Å². The number of allylic oxidation sites excluding steroid dienone is 12. The Kier molecular flexibility index (Phi) is 43.0. The maximum atomic E-state index is 12.7. The molecule has 1 unspecified atom stereocenters. The lowest BCUT2D eigenvalue weighted by Gasteiger charge is -2.18. The average Bonchev–Trinajstić information content (AvgIpc) is 3.21. The van der Waals surface area contributed by atoms with Gasteiger partial charge in [-0.3, -0.25) is 14.4 Å². The first-order chi connectivity index (χ1) is 28.0. The quantitative estimate of drug-likeness (QED) is 0.0202. The van der Waals surface area contributed by atoms with Gasteiger partial charge in [0.2, 0.25) is 0 Å². The van der Waals surface area contributed by atoms with Crippen molar-refractivity contribution in [1.29, 1.82) is 0 Å². The summed E-state index contributed by atoms with van der Waals surface area (Å²) in [5.41, 5.74) is 0. The minimum Gasteiger partial charge on any atom is -0.462 e. The zero-order chi connectivity index (χ0) is 41.5. The summed E-state index contributed by atoms with van der Waals surface area (Å²) >= 11 is 0. The molecule has 0 aromatic carbocycles. The van der Waals surface area contributed by atoms with Crippen molar-refractivity contribution in [2.45, 2.75) is 219 Å². The second kappa shape index (κ2) is 45.6. The standard InChI is InChI=1S/C51H86O6/c1-4-7-10-13-16-19-22-25-27-29-32-35-38-41-44-50(53)56-47-48(46-55-49(52)43-40-37-34-31-28-24-21-18-15-12-9-6-3)57-51(54)45-42-39-36-33-30-26-23-20-17-14-11-8-5-2/h8,11,14,17,20,23,26-27,29-30,33,36,48H,4-7,9-10,12-13,15-16,18-19,21-22,24-25,28,31-32,34-35,37-47H2,1-3H3/b11-8-,17-14-,23-20-,29-27-,30-26-,36-33-. The van der Waals surface area contributed by atoms with Crippen LogP contribution in [0.2, 0.25) is 0 Å². The molecule has 0 aromatic rings. The smallest absolute Gasteiger partial charge is 0.306 e. The van der Waals surface area contributed by atoms with Gasteiger partial charge in [-0.05, 0) is 57.8 Å². The minimum absolute atomic E-state index is 0.108. The van der Waals surface area contributed by atoms with E-state index < -0.39 is 6.10 Å². The van der Waals surface area contributed by atoms with Gasteiger partial charge >= 0.3 is 17.9 Å². The van der Waals surface area contributed by atoms with E-state index in [0.29, 0.717) is 19.3 Å². The molecule has 6 nitrogen and oxygen atoms in total. The second-order valence-corrected chi connectivity index (χ2v) is 15.4. The van der Waals surface area contributed by atoms with Crippen molar-refractivity contribution in [2.75, 3.05) is 13.2 Å². The summed E-state index contributed by atoms with van der Waals surface area (Å²) < 4.78 is 16.6. The van der Waals surface area contributed by atoms with E-state index in [-0.39, 0.29) is 37.5 Å². The van der Waals surface area contributed by atoms with Crippen molar-refractivity contribution < 1.29 is 28.6 Å². The Balaban J connectivity index is 4.51. The third kappa shape index (κ3) is 43.8. The normalized spacial score (nSPS) is 12.7. The van der Waals surface area contributed by atoms with Crippen LogP contribution in [-0.2, 0) is 28.6 Å². The molecule has 0 N–H and O–H groups in total. The van der Waals surface area contributed by atoms with E-state index in [9.17, 15) is 14.4 Å². The molecule has 6 heteroatoms. The highest BCUT2D eigenvalue weighted by Gasteiger charge is 2.19. The number of carbonyl (C=O) groups is 3. The first-order valence-electron chi connectivity index (χ1n) is 23.5. The first kappa shape index (κ1) is 53.9. The molecule has 0 radical (unpaired) electrons. The minimum atomic E-state index is -0.814. The van der Waals surface area contributed by atoms with E-state index in [4.69, 9.17) is 14.2 Å². The van der Waals surface area contributed by atoms with Gasteiger partial charge in [0.25, 0.3) is 0 Å². The maximum Gasteiger partial charge on any atom is 0.306 e. The molecule has 0 spiro atoms. The number of esters is 3. The van der Waals surface area contributed by atoms with Crippen LogP contribution in [0.15, 0.2) is 72.9 Å². The molecule has 0 rings (SSSR count). The third-order valence-electron chi connectivity index (χ3n) is 9.82. The van der Waals surface area contributed by atoms with E-state index in [1.165, 1.54) is 103 Å². The van der Waals surface area contributed by atoms with E-state index >= 15 is 0 Å². The molecule has 326 valence electrons. The van der Waals surface area contributed by atoms with E-state index in [1.807, 2.05) is 54.7 Å². The topological polar surface area (TPSA) is 78.9 Å². The highest BCUT2D eigenvalue weighted by Crippen LogP contribution is 2.14. The molecule has 0 aliphatic carbocycles. The third-order valence-corrected chi connectivity index (χ3v) is 9.82. The number of hydrogen-bond donors (Lipinski definition) is 0. The molecule has 57 heavy (non-hydrogen) atoms. The molecule has 0 aliphatic rings. The summed E-state index contributed by atoms with van der Waals surface area (Å²) in [5, 5.41) is 0. The van der Waals surface area contributed by atoms with Crippen LogP contribution in [0.25, 0.3) is 0 Å². The molecule has 0 saturated carbocycles. The van der Waals surface area contributed by atoms with Gasteiger partial charge in [-0.1, -0.05) is 209 Å². The van der Waals surface area contributed by atoms with Gasteiger partial charge in [0.05, 0.1) is 0 Å². The van der Waals surface area contributed by atoms with Crippen molar-refractivity contribution in [2.24, 2.45) is 0 Å². The van der Waals surface area contributed by atoms with Crippen molar-refractivity contribution in [3.63, 3.8) is 0 Å². The summed E-state index contributed by atoms with van der Waals surface area (Å²) in [4.78, 5) is 37.7. The number of rotatable bonds is 41. The number of hydrogen-bond acceptors (Lipinski definition) is 6. The van der Waals surface area contributed by atoms with Crippen molar-refractivity contribution in [3.05, 3.63) is 72.9 Å². The number of carbonyl (C=O) groups excluding carboxylic acids is 3. The maximum absolute atomic E-state index is 12.7. The lowest BCUT2D eigenvalue weighted by atomic mass is 10.0. The highest BCUT2D eigenvalue weighted by atomic mass is 16.6. The summed E-state index contributed by atoms with van der Waals surface area (Å²) in [6.07, 6.45) is 56.1. The van der Waals surface area contributed by atoms with Crippen LogP contribution < -0.4 is 0 Å². The van der Waals surface area contributed by atoms with Crippen LogP contribution in [-0.4, -0.2) is 37.2 Å². The van der Waals surface area contributed by atoms with Gasteiger partial charge in [-0.25, -0.2) is 0 Å². The lowest BCUT2D eigenvalue weighted by Crippen LogP contribution is -2.30. The Bertz CT molecular complexity index is 1100. The molecule has 0 heterocycles. The van der Waals surface area contributed by atoms with Crippen molar-refractivity contribution in [3.8, 4) is 0 Å². The van der Waals surface area contributed by atoms with Gasteiger partial charge < -0.3 is 14.2 Å². The first-order valence-corrected chi connectivity index (χ1v) is 23.5. The predicted octanol–water partition coefficient (Wildman–Crippen LogP) is 15.1. The van der Waals surface area contributed by atoms with E-state index in [1.54, 1.807) is 0 Å². The number of unbranched alkanes of at least 4 members (excludes halogenated alkanes) is 22. The Hall–Kier alpha value is -3.15. The molecule has 1 atom stereocenters. The van der Waals surface area contributed by atoms with Crippen LogP contribution in [0.4, 0.5) is 0 Å². The summed E-state index contributed by atoms with van der Waals surface area (Å²) in [7, 11) is 0. The SMILES string of the molecule is CC\C=C/C=C\C=C/C=C\C=C/CCCC(=O)OC(COC(=O)CCCCC/C=C\CCCCCCCCC)COC(=O)CCCCCCCCCCCCCC. The summed E-state index contributed by atoms with van der Waals surface area (Å²) in [6, 6.07) is 0. The largest absolute Gasteiger partial charge is 0.462 e. The average molecular weight is 795 g/mol. The van der Waals surface area contributed by atoms with Crippen LogP contribution in [0.5, 0.6) is 0 Å². The van der Waals surface area contributed by atoms with Gasteiger partial charge in [-0.2, -0.15) is 0 Å². The molecule has 0 bridgehead atoms. The number of ether oxygens (including phenoxy) is 3. The van der Waals surface area contributed by atoms with Crippen LogP contribution in [0.1, 0.15) is 213 Å². The fraction of sp³-hybridized carbons (Fsp3) is 0.706. The molecule has 0 aliphatic heterocycles. The Morgan fingerprint density at radius 1 is 0.368 bits per heavy atom. The lowest BCUT2D eigenvalue weighted by molar-refractivity contribution is -0.167. The van der Waals surface area contributed by atoms with Crippen molar-refractivity contribution >= 4 is 17.9 Å². The van der Waals surface area contributed by atoms with Gasteiger partial charge in [0.1, 0.15) is 13.2 Å². The molecule has 0 fully saturated rings. The summed E-state index contributed by atoms with van der Waals surface area (Å²) in [5.74, 6) is -1.00. The Labute approximate surface area is 351 Å². The van der Waals surface area contributed by atoms with E-state index in [2.05, 4.69) is 39.0 Å². The van der Waals surface area contributed by atoms with Gasteiger partial charge in [-0.15, -0.1) is 0 Å². The monoisotopic (exact) mass is 795 g/mol. The van der Waals surface area contributed by atoms with Crippen molar-refractivity contribution in [1.82, 2.24) is 0 Å². The predicted molar refractivity (Wildman–Crippen MR) is 242 cm³/mol. The summed E-state index contributed by atoms with van der Waals surface area (Å²) in [6.45, 7) is 6.40. The fourth-order valence-corrected chi connectivity index (χ4v) is 6.29. The van der Waals surface area contributed by atoms with Crippen LogP contribution >= 0.6 is 0 Å². The Morgan fingerprint density at radius 3 is 1.18 bits per heavy atom. The fourth-order valence-electron chi connectivity index (χ4n) is 6.29. The zero-order valence-electron chi connectivity index (χ0n) is 37.1.